The second-order valence-electron chi connectivity index (χ2n) is 3.53. The molecule has 2 aromatic rings. The summed E-state index contributed by atoms with van der Waals surface area (Å²) in [6.45, 7) is 1.64. The third-order valence-electron chi connectivity index (χ3n) is 2.30. The van der Waals surface area contributed by atoms with E-state index in [0.29, 0.717) is 11.5 Å². The van der Waals surface area contributed by atoms with Gasteiger partial charge < -0.3 is 10.1 Å². The number of nitrogens with one attached hydrogen (secondary N) is 1. The molecule has 2 N–H and O–H groups in total. The molecule has 0 amide bonds. The largest absolute Gasteiger partial charge is 0.481 e. The molecular formula is C11H10N2O3S. The first-order valence-electron chi connectivity index (χ1n) is 4.93. The van der Waals surface area contributed by atoms with Crippen LogP contribution in [0.2, 0.25) is 0 Å². The van der Waals surface area contributed by atoms with E-state index in [1.54, 1.807) is 6.92 Å². The quantitative estimate of drug-likeness (QED) is 0.863. The average molecular weight is 250 g/mol. The monoisotopic (exact) mass is 250 g/mol. The molecule has 0 spiro atoms. The van der Waals surface area contributed by atoms with Gasteiger partial charge in [0.25, 0.3) is 5.56 Å². The van der Waals surface area contributed by atoms with E-state index in [1.807, 2.05) is 17.5 Å². The van der Waals surface area contributed by atoms with Gasteiger partial charge in [0.05, 0.1) is 11.3 Å². The molecule has 0 saturated carbocycles. The van der Waals surface area contributed by atoms with Crippen LogP contribution in [-0.2, 0) is 11.2 Å². The molecule has 0 aliphatic heterocycles. The molecule has 0 fully saturated rings. The van der Waals surface area contributed by atoms with Crippen molar-refractivity contribution in [1.29, 1.82) is 0 Å². The van der Waals surface area contributed by atoms with Gasteiger partial charge >= 0.3 is 5.97 Å². The topological polar surface area (TPSA) is 83.0 Å². The van der Waals surface area contributed by atoms with Gasteiger partial charge in [-0.2, -0.15) is 0 Å². The van der Waals surface area contributed by atoms with Crippen LogP contribution < -0.4 is 5.56 Å². The van der Waals surface area contributed by atoms with Crippen LogP contribution in [0.4, 0.5) is 0 Å². The number of aliphatic carboxylic acids is 1. The molecule has 0 atom stereocenters. The van der Waals surface area contributed by atoms with Gasteiger partial charge in [-0.3, -0.25) is 9.59 Å². The lowest BCUT2D eigenvalue weighted by molar-refractivity contribution is -0.136. The summed E-state index contributed by atoms with van der Waals surface area (Å²) in [6.07, 6.45) is -0.307. The Labute approximate surface area is 101 Å². The molecule has 6 heteroatoms. The highest BCUT2D eigenvalue weighted by molar-refractivity contribution is 7.13. The molecule has 0 radical (unpaired) electrons. The highest BCUT2D eigenvalue weighted by atomic mass is 32.1. The second kappa shape index (κ2) is 4.50. The van der Waals surface area contributed by atoms with Gasteiger partial charge in [-0.05, 0) is 18.4 Å². The molecule has 0 bridgehead atoms. The van der Waals surface area contributed by atoms with E-state index in [9.17, 15) is 9.59 Å². The van der Waals surface area contributed by atoms with E-state index < -0.39 is 5.97 Å². The molecule has 0 aliphatic rings. The van der Waals surface area contributed by atoms with Crippen LogP contribution in [0.3, 0.4) is 0 Å². The van der Waals surface area contributed by atoms with Crippen LogP contribution >= 0.6 is 11.3 Å². The SMILES string of the molecule is Cc1nc(-c2cccs2)[nH]c(=O)c1CC(=O)O. The Bertz CT molecular complexity index is 602. The Kier molecular flexibility index (Phi) is 3.06. The van der Waals surface area contributed by atoms with E-state index in [0.717, 1.165) is 4.88 Å². The summed E-state index contributed by atoms with van der Waals surface area (Å²) in [6, 6.07) is 3.71. The van der Waals surface area contributed by atoms with Gasteiger partial charge in [-0.25, -0.2) is 4.98 Å². The smallest absolute Gasteiger partial charge is 0.308 e. The average Bonchev–Trinajstić information content (AvgIpc) is 2.76. The summed E-state index contributed by atoms with van der Waals surface area (Å²) in [4.78, 5) is 30.0. The minimum absolute atomic E-state index is 0.206. The number of carbonyl (C=O) groups is 1. The van der Waals surface area contributed by atoms with Crippen molar-refractivity contribution in [2.75, 3.05) is 0 Å². The van der Waals surface area contributed by atoms with Crippen LogP contribution in [0.5, 0.6) is 0 Å². The molecule has 0 unspecified atom stereocenters. The highest BCUT2D eigenvalue weighted by Crippen LogP contribution is 2.20. The van der Waals surface area contributed by atoms with E-state index in [4.69, 9.17) is 5.11 Å². The molecule has 0 saturated heterocycles. The summed E-state index contributed by atoms with van der Waals surface area (Å²) in [5, 5.41) is 10.6. The minimum atomic E-state index is -1.04. The molecule has 17 heavy (non-hydrogen) atoms. The van der Waals surface area contributed by atoms with Crippen molar-refractivity contribution in [2.24, 2.45) is 0 Å². The lowest BCUT2D eigenvalue weighted by atomic mass is 10.2. The van der Waals surface area contributed by atoms with Crippen LogP contribution in [0.1, 0.15) is 11.3 Å². The maximum atomic E-state index is 11.7. The zero-order valence-electron chi connectivity index (χ0n) is 9.06. The fraction of sp³-hybridized carbons (Fsp3) is 0.182. The van der Waals surface area contributed by atoms with Crippen LogP contribution in [0.25, 0.3) is 10.7 Å². The van der Waals surface area contributed by atoms with Crippen molar-refractivity contribution in [3.05, 3.63) is 39.1 Å². The lowest BCUT2D eigenvalue weighted by Crippen LogP contribution is -2.20. The Balaban J connectivity index is 2.49. The number of aromatic nitrogens is 2. The zero-order chi connectivity index (χ0) is 12.4. The van der Waals surface area contributed by atoms with Gasteiger partial charge in [0, 0.05) is 11.3 Å². The number of aryl methyl sites for hydroxylation is 1. The molecule has 2 heterocycles. The Morgan fingerprint density at radius 1 is 1.59 bits per heavy atom. The predicted octanol–water partition coefficient (Wildman–Crippen LogP) is 1.43. The van der Waals surface area contributed by atoms with Crippen molar-refractivity contribution in [3.63, 3.8) is 0 Å². The van der Waals surface area contributed by atoms with Crippen LogP contribution in [0, 0.1) is 6.92 Å². The fourth-order valence-electron chi connectivity index (χ4n) is 1.50. The Morgan fingerprint density at radius 3 is 2.88 bits per heavy atom. The first kappa shape index (κ1) is 11.5. The predicted molar refractivity (Wildman–Crippen MR) is 64.2 cm³/mol. The van der Waals surface area contributed by atoms with Crippen molar-refractivity contribution in [2.45, 2.75) is 13.3 Å². The maximum Gasteiger partial charge on any atom is 0.308 e. The second-order valence-corrected chi connectivity index (χ2v) is 4.47. The highest BCUT2D eigenvalue weighted by Gasteiger charge is 2.12. The van der Waals surface area contributed by atoms with Crippen molar-refractivity contribution in [1.82, 2.24) is 9.97 Å². The zero-order valence-corrected chi connectivity index (χ0v) is 9.87. The van der Waals surface area contributed by atoms with Gasteiger partial charge in [0.15, 0.2) is 0 Å². The van der Waals surface area contributed by atoms with Crippen LogP contribution in [0.15, 0.2) is 22.3 Å². The normalized spacial score (nSPS) is 10.4. The standard InChI is InChI=1S/C11H10N2O3S/c1-6-7(5-9(14)15)11(16)13-10(12-6)8-3-2-4-17-8/h2-4H,5H2,1H3,(H,14,15)(H,12,13,16). The third kappa shape index (κ3) is 2.42. The summed E-state index contributed by atoms with van der Waals surface area (Å²) in [5.74, 6) is -0.555. The summed E-state index contributed by atoms with van der Waals surface area (Å²) < 4.78 is 0. The third-order valence-corrected chi connectivity index (χ3v) is 3.18. The number of H-pyrrole nitrogens is 1. The maximum absolute atomic E-state index is 11.7. The van der Waals surface area contributed by atoms with E-state index in [-0.39, 0.29) is 17.5 Å². The number of carboxylic acids is 1. The Hall–Kier alpha value is -1.95. The van der Waals surface area contributed by atoms with Gasteiger partial charge in [0.1, 0.15) is 5.82 Å². The van der Waals surface area contributed by atoms with E-state index in [2.05, 4.69) is 9.97 Å². The molecular weight excluding hydrogens is 240 g/mol. The van der Waals surface area contributed by atoms with Crippen LogP contribution in [-0.4, -0.2) is 21.0 Å². The minimum Gasteiger partial charge on any atom is -0.481 e. The van der Waals surface area contributed by atoms with E-state index in [1.165, 1.54) is 11.3 Å². The molecule has 0 aliphatic carbocycles. The molecule has 88 valence electrons. The number of thiophene rings is 1. The van der Waals surface area contributed by atoms with Gasteiger partial charge in [0.2, 0.25) is 0 Å². The van der Waals surface area contributed by atoms with Crippen molar-refractivity contribution >= 4 is 17.3 Å². The lowest BCUT2D eigenvalue weighted by Gasteiger charge is -2.03. The van der Waals surface area contributed by atoms with Gasteiger partial charge in [-0.1, -0.05) is 6.07 Å². The number of aromatic amines is 1. The number of carboxylic acid groups (broad SMARTS) is 1. The molecule has 2 rings (SSSR count). The molecule has 5 nitrogen and oxygen atoms in total. The van der Waals surface area contributed by atoms with Gasteiger partial charge in [-0.15, -0.1) is 11.3 Å². The molecule has 0 aromatic carbocycles. The van der Waals surface area contributed by atoms with Crippen molar-refractivity contribution in [3.8, 4) is 10.7 Å². The number of hydrogen-bond acceptors (Lipinski definition) is 4. The Morgan fingerprint density at radius 2 is 2.35 bits per heavy atom. The molecule has 2 aromatic heterocycles. The number of nitrogens with zero attached hydrogens (tertiary/aromatic N) is 1. The first-order chi connectivity index (χ1) is 8.08. The summed E-state index contributed by atoms with van der Waals surface area (Å²) >= 11 is 1.46. The van der Waals surface area contributed by atoms with E-state index >= 15 is 0 Å². The number of hydrogen-bond donors (Lipinski definition) is 2. The van der Waals surface area contributed by atoms with Crippen molar-refractivity contribution < 1.29 is 9.90 Å². The summed E-state index contributed by atoms with van der Waals surface area (Å²) in [5.41, 5.74) is 0.278. The summed E-state index contributed by atoms with van der Waals surface area (Å²) in [7, 11) is 0. The first-order valence-corrected chi connectivity index (χ1v) is 5.81. The fourth-order valence-corrected chi connectivity index (χ4v) is 2.17. The number of rotatable bonds is 3.